The highest BCUT2D eigenvalue weighted by Crippen LogP contribution is 2.57. The second-order valence-corrected chi connectivity index (χ2v) is 10.8. The highest BCUT2D eigenvalue weighted by Gasteiger charge is 2.60. The third kappa shape index (κ3) is 4.99. The van der Waals surface area contributed by atoms with Crippen LogP contribution in [0.2, 0.25) is 0 Å². The Bertz CT molecular complexity index is 1060. The number of quaternary nitrogens is 1. The summed E-state index contributed by atoms with van der Waals surface area (Å²) in [5, 5.41) is 12.7. The first-order valence-corrected chi connectivity index (χ1v) is 12.8. The molecular weight excluding hydrogens is 498 g/mol. The van der Waals surface area contributed by atoms with E-state index >= 15 is 0 Å². The molecule has 4 heteroatoms. The summed E-state index contributed by atoms with van der Waals surface area (Å²) in [4.78, 5) is 0. The van der Waals surface area contributed by atoms with Crippen LogP contribution < -0.4 is 17.0 Å². The minimum Gasteiger partial charge on any atom is -1.00 e. The van der Waals surface area contributed by atoms with Crippen molar-refractivity contribution >= 4 is 0 Å². The zero-order valence-electron chi connectivity index (χ0n) is 21.1. The summed E-state index contributed by atoms with van der Waals surface area (Å²) >= 11 is 0. The van der Waals surface area contributed by atoms with Gasteiger partial charge in [0, 0.05) is 24.7 Å². The SMILES string of the molecule is Cc1cccc(C(O)(c2cccc(C)c2)C23CC[N+](CCOCc4ccccc4)(CC2)CC3)c1.[Br-]. The molecule has 0 amide bonds. The van der Waals surface area contributed by atoms with E-state index < -0.39 is 5.60 Å². The molecule has 3 aliphatic rings. The van der Waals surface area contributed by atoms with Crippen LogP contribution in [0.1, 0.15) is 47.1 Å². The first-order chi connectivity index (χ1) is 16.4. The summed E-state index contributed by atoms with van der Waals surface area (Å²) in [6.45, 7) is 10.1. The van der Waals surface area contributed by atoms with Crippen molar-refractivity contribution in [1.82, 2.24) is 0 Å². The van der Waals surface area contributed by atoms with E-state index in [0.29, 0.717) is 6.61 Å². The summed E-state index contributed by atoms with van der Waals surface area (Å²) < 4.78 is 7.19. The third-order valence-corrected chi connectivity index (χ3v) is 8.65. The number of benzene rings is 3. The van der Waals surface area contributed by atoms with Crippen LogP contribution in [0.5, 0.6) is 0 Å². The van der Waals surface area contributed by atoms with Crippen molar-refractivity contribution in [2.24, 2.45) is 5.41 Å². The molecule has 186 valence electrons. The molecule has 0 spiro atoms. The second-order valence-electron chi connectivity index (χ2n) is 10.8. The van der Waals surface area contributed by atoms with E-state index in [2.05, 4.69) is 86.6 Å². The van der Waals surface area contributed by atoms with Gasteiger partial charge < -0.3 is 31.3 Å². The van der Waals surface area contributed by atoms with Crippen LogP contribution in [0.3, 0.4) is 0 Å². The molecule has 1 N–H and O–H groups in total. The molecule has 6 rings (SSSR count). The molecule has 0 aliphatic carbocycles. The van der Waals surface area contributed by atoms with Crippen LogP contribution >= 0.6 is 0 Å². The number of halogens is 1. The molecule has 0 unspecified atom stereocenters. The van der Waals surface area contributed by atoms with Crippen molar-refractivity contribution in [3.8, 4) is 0 Å². The summed E-state index contributed by atoms with van der Waals surface area (Å²) in [7, 11) is 0. The fourth-order valence-electron chi connectivity index (χ4n) is 6.48. The van der Waals surface area contributed by atoms with Gasteiger partial charge in [-0.15, -0.1) is 0 Å². The lowest BCUT2D eigenvalue weighted by atomic mass is 9.56. The summed E-state index contributed by atoms with van der Waals surface area (Å²) in [6.07, 6.45) is 3.14. The number of nitrogens with zero attached hydrogens (tertiary/aromatic N) is 1. The van der Waals surface area contributed by atoms with Gasteiger partial charge in [-0.05, 0) is 30.5 Å². The smallest absolute Gasteiger partial charge is 0.121 e. The molecule has 3 heterocycles. The summed E-state index contributed by atoms with van der Waals surface area (Å²) in [6, 6.07) is 27.5. The molecule has 0 aromatic heterocycles. The number of aryl methyl sites for hydroxylation is 2. The second kappa shape index (κ2) is 10.6. The van der Waals surface area contributed by atoms with Crippen molar-refractivity contribution in [2.75, 3.05) is 32.8 Å². The first-order valence-electron chi connectivity index (χ1n) is 12.8. The number of hydrogen-bond donors (Lipinski definition) is 1. The van der Waals surface area contributed by atoms with Gasteiger partial charge in [0.1, 0.15) is 12.1 Å². The highest BCUT2D eigenvalue weighted by molar-refractivity contribution is 5.42. The van der Waals surface area contributed by atoms with Crippen LogP contribution in [0, 0.1) is 19.3 Å². The molecule has 3 nitrogen and oxygen atoms in total. The Morgan fingerprint density at radius 1 is 0.800 bits per heavy atom. The van der Waals surface area contributed by atoms with Crippen LogP contribution in [0.4, 0.5) is 0 Å². The average molecular weight is 537 g/mol. The standard InChI is InChI=1S/C31H38NO2.BrH/c1-25-8-6-12-28(22-25)31(33,29-13-7-9-26(2)23-29)30-14-17-32(18-15-30,19-16-30)20-21-34-24-27-10-4-3-5-11-27;/h3-13,22-23,33H,14-21,24H2,1-2H3;1H/q+1;/p-1. The van der Waals surface area contributed by atoms with Crippen molar-refractivity contribution in [3.05, 3.63) is 107 Å². The van der Waals surface area contributed by atoms with E-state index in [1.165, 1.54) is 16.7 Å². The van der Waals surface area contributed by atoms with Crippen LogP contribution in [-0.2, 0) is 16.9 Å². The summed E-state index contributed by atoms with van der Waals surface area (Å²) in [5.41, 5.74) is 4.64. The lowest BCUT2D eigenvalue weighted by molar-refractivity contribution is -0.946. The van der Waals surface area contributed by atoms with Crippen molar-refractivity contribution in [1.29, 1.82) is 0 Å². The Balaban J connectivity index is 0.00000289. The number of fused-ring (bicyclic) bond motifs is 3. The van der Waals surface area contributed by atoms with E-state index in [9.17, 15) is 5.11 Å². The highest BCUT2D eigenvalue weighted by atomic mass is 79.9. The summed E-state index contributed by atoms with van der Waals surface area (Å²) in [5.74, 6) is 0. The van der Waals surface area contributed by atoms with Crippen LogP contribution in [0.15, 0.2) is 78.9 Å². The van der Waals surface area contributed by atoms with Gasteiger partial charge in [0.15, 0.2) is 0 Å². The van der Waals surface area contributed by atoms with E-state index in [4.69, 9.17) is 4.74 Å². The van der Waals surface area contributed by atoms with Gasteiger partial charge in [-0.25, -0.2) is 0 Å². The van der Waals surface area contributed by atoms with Gasteiger partial charge in [0.2, 0.25) is 0 Å². The lowest BCUT2D eigenvalue weighted by Crippen LogP contribution is -3.00. The normalized spacial score (nSPS) is 23.6. The van der Waals surface area contributed by atoms with Crippen LogP contribution in [-0.4, -0.2) is 42.4 Å². The number of hydrogen-bond acceptors (Lipinski definition) is 2. The Morgan fingerprint density at radius 2 is 1.34 bits per heavy atom. The Kier molecular flexibility index (Phi) is 7.87. The van der Waals surface area contributed by atoms with Gasteiger partial charge >= 0.3 is 0 Å². The maximum absolute atomic E-state index is 12.7. The molecule has 3 saturated heterocycles. The van der Waals surface area contributed by atoms with Gasteiger partial charge in [-0.2, -0.15) is 0 Å². The van der Waals surface area contributed by atoms with Crippen molar-refractivity contribution in [3.63, 3.8) is 0 Å². The largest absolute Gasteiger partial charge is 1.00 e. The first kappa shape index (κ1) is 26.1. The molecule has 0 atom stereocenters. The number of piperidine rings is 3. The van der Waals surface area contributed by atoms with Gasteiger partial charge in [0.25, 0.3) is 0 Å². The minimum absolute atomic E-state index is 0. The monoisotopic (exact) mass is 535 g/mol. The van der Waals surface area contributed by atoms with Crippen molar-refractivity contribution < 1.29 is 31.3 Å². The Morgan fingerprint density at radius 3 is 1.86 bits per heavy atom. The predicted octanol–water partition coefficient (Wildman–Crippen LogP) is 2.76. The maximum Gasteiger partial charge on any atom is 0.121 e. The Hall–Kier alpha value is -1.98. The zero-order chi connectivity index (χ0) is 23.7. The molecular formula is C31H38BrNO2. The molecule has 3 aromatic carbocycles. The number of aliphatic hydroxyl groups is 1. The molecule has 3 aliphatic heterocycles. The van der Waals surface area contributed by atoms with Gasteiger partial charge in [0.05, 0.1) is 32.8 Å². The molecule has 0 radical (unpaired) electrons. The third-order valence-electron chi connectivity index (χ3n) is 8.65. The molecule has 2 bridgehead atoms. The van der Waals surface area contributed by atoms with E-state index in [1.807, 2.05) is 6.07 Å². The molecule has 3 fully saturated rings. The maximum atomic E-state index is 12.7. The van der Waals surface area contributed by atoms with E-state index in [-0.39, 0.29) is 22.4 Å². The van der Waals surface area contributed by atoms with Crippen LogP contribution in [0.25, 0.3) is 0 Å². The van der Waals surface area contributed by atoms with Gasteiger partial charge in [-0.1, -0.05) is 90.0 Å². The zero-order valence-corrected chi connectivity index (χ0v) is 22.6. The minimum atomic E-state index is -0.967. The fourth-order valence-corrected chi connectivity index (χ4v) is 6.48. The predicted molar refractivity (Wildman–Crippen MR) is 137 cm³/mol. The molecule has 3 aromatic rings. The average Bonchev–Trinajstić information content (AvgIpc) is 2.88. The quantitative estimate of drug-likeness (QED) is 0.355. The van der Waals surface area contributed by atoms with E-state index in [0.717, 1.165) is 67.7 Å². The lowest BCUT2D eigenvalue weighted by Gasteiger charge is -2.60. The molecule has 35 heavy (non-hydrogen) atoms. The van der Waals surface area contributed by atoms with E-state index in [1.54, 1.807) is 0 Å². The molecule has 0 saturated carbocycles. The number of rotatable bonds is 8. The topological polar surface area (TPSA) is 29.5 Å². The van der Waals surface area contributed by atoms with Crippen molar-refractivity contribution in [2.45, 2.75) is 45.3 Å². The van der Waals surface area contributed by atoms with Gasteiger partial charge in [-0.3, -0.25) is 0 Å². The Labute approximate surface area is 221 Å². The fraction of sp³-hybridized carbons (Fsp3) is 0.419. The number of ether oxygens (including phenoxy) is 1.